The number of fused-ring (bicyclic) bond motifs is 2. The smallest absolute Gasteiger partial charge is 0.250 e. The average Bonchev–Trinajstić information content (AvgIpc) is 3.27. The molecule has 168 valence electrons. The fraction of sp³-hybridized carbons (Fsp3) is 0.200. The van der Waals surface area contributed by atoms with Gasteiger partial charge in [0.05, 0.1) is 16.0 Å². The first-order chi connectivity index (χ1) is 15.8. The molecule has 0 saturated carbocycles. The first-order valence-electron chi connectivity index (χ1n) is 10.4. The second-order valence-electron chi connectivity index (χ2n) is 8.44. The fourth-order valence-electron chi connectivity index (χ4n) is 5.33. The second-order valence-corrected chi connectivity index (χ2v) is 9.23. The Morgan fingerprint density at radius 1 is 1.06 bits per heavy atom. The molecule has 0 radical (unpaired) electrons. The monoisotopic (exact) mass is 482 g/mol. The minimum absolute atomic E-state index is 0.132. The topological polar surface area (TPSA) is 89.9 Å². The van der Waals surface area contributed by atoms with Crippen molar-refractivity contribution in [1.82, 2.24) is 4.90 Å². The SMILES string of the molecule is CN1CC(c2ccc(O)c(O)c2)C(C(=O)c2cccc(Cl)c2Cl)C12C(=O)Nc1ccccc12. The van der Waals surface area contributed by atoms with Gasteiger partial charge in [-0.3, -0.25) is 14.5 Å². The van der Waals surface area contributed by atoms with Gasteiger partial charge >= 0.3 is 0 Å². The lowest BCUT2D eigenvalue weighted by atomic mass is 9.70. The number of carbonyl (C=O) groups is 2. The van der Waals surface area contributed by atoms with Crippen LogP contribution in [-0.2, 0) is 10.3 Å². The van der Waals surface area contributed by atoms with Gasteiger partial charge < -0.3 is 15.5 Å². The van der Waals surface area contributed by atoms with Crippen LogP contribution < -0.4 is 5.32 Å². The minimum Gasteiger partial charge on any atom is -0.504 e. The molecule has 5 rings (SSSR count). The molecule has 3 unspecified atom stereocenters. The van der Waals surface area contributed by atoms with E-state index >= 15 is 0 Å². The highest BCUT2D eigenvalue weighted by Crippen LogP contribution is 2.56. The summed E-state index contributed by atoms with van der Waals surface area (Å²) in [6, 6.07) is 16.6. The number of carbonyl (C=O) groups excluding carboxylic acids is 2. The zero-order valence-electron chi connectivity index (χ0n) is 17.5. The number of Topliss-reactive ketones (excluding diaryl/α,β-unsaturated/α-hetero) is 1. The third-order valence-corrected chi connectivity index (χ3v) is 7.60. The quantitative estimate of drug-likeness (QED) is 0.369. The van der Waals surface area contributed by atoms with E-state index in [0.717, 1.165) is 0 Å². The van der Waals surface area contributed by atoms with E-state index in [2.05, 4.69) is 5.32 Å². The third-order valence-electron chi connectivity index (χ3n) is 6.78. The Kier molecular flexibility index (Phi) is 5.12. The van der Waals surface area contributed by atoms with Crippen molar-refractivity contribution in [2.24, 2.45) is 5.92 Å². The normalized spacial score (nSPS) is 24.2. The number of halogens is 2. The number of anilines is 1. The molecule has 0 aromatic heterocycles. The van der Waals surface area contributed by atoms with Crippen LogP contribution in [0.3, 0.4) is 0 Å². The minimum atomic E-state index is -1.28. The number of hydrogen-bond acceptors (Lipinski definition) is 5. The molecule has 3 N–H and O–H groups in total. The van der Waals surface area contributed by atoms with Crippen molar-refractivity contribution in [3.63, 3.8) is 0 Å². The first-order valence-corrected chi connectivity index (χ1v) is 11.1. The maximum absolute atomic E-state index is 14.2. The standard InChI is InChI=1S/C25H20Cl2N2O4/c1-29-12-15(13-9-10-19(30)20(31)11-13)21(23(32)14-5-4-7-17(26)22(14)27)25(29)16-6-2-3-8-18(16)28-24(25)33/h2-11,15,21,30-31H,12H2,1H3,(H,28,33). The number of amides is 1. The summed E-state index contributed by atoms with van der Waals surface area (Å²) in [6.07, 6.45) is 0. The van der Waals surface area contributed by atoms with Gasteiger partial charge in [0.25, 0.3) is 0 Å². The Bertz CT molecular complexity index is 1310. The van der Waals surface area contributed by atoms with Gasteiger partial charge in [-0.15, -0.1) is 0 Å². The Balaban J connectivity index is 1.76. The maximum Gasteiger partial charge on any atom is 0.250 e. The summed E-state index contributed by atoms with van der Waals surface area (Å²) < 4.78 is 0. The highest BCUT2D eigenvalue weighted by Gasteiger charge is 2.64. The van der Waals surface area contributed by atoms with Crippen molar-refractivity contribution < 1.29 is 19.8 Å². The van der Waals surface area contributed by atoms with Gasteiger partial charge in [-0.25, -0.2) is 0 Å². The van der Waals surface area contributed by atoms with Crippen LogP contribution in [0.2, 0.25) is 10.0 Å². The summed E-state index contributed by atoms with van der Waals surface area (Å²) in [5, 5.41) is 23.3. The van der Waals surface area contributed by atoms with Gasteiger partial charge in [0.2, 0.25) is 5.91 Å². The van der Waals surface area contributed by atoms with Gasteiger partial charge in [0.15, 0.2) is 17.3 Å². The molecule has 6 nitrogen and oxygen atoms in total. The van der Waals surface area contributed by atoms with E-state index in [-0.39, 0.29) is 38.8 Å². The van der Waals surface area contributed by atoms with Gasteiger partial charge in [-0.05, 0) is 42.9 Å². The van der Waals surface area contributed by atoms with Crippen LogP contribution in [0.15, 0.2) is 60.7 Å². The number of rotatable bonds is 3. The molecule has 1 saturated heterocycles. The number of ketones is 1. The highest BCUT2D eigenvalue weighted by atomic mass is 35.5. The molecular formula is C25H20Cl2N2O4. The highest BCUT2D eigenvalue weighted by molar-refractivity contribution is 6.44. The predicted molar refractivity (Wildman–Crippen MR) is 126 cm³/mol. The molecule has 3 atom stereocenters. The van der Waals surface area contributed by atoms with Crippen molar-refractivity contribution >= 4 is 40.6 Å². The largest absolute Gasteiger partial charge is 0.504 e. The maximum atomic E-state index is 14.2. The summed E-state index contributed by atoms with van der Waals surface area (Å²) in [7, 11) is 1.81. The molecule has 2 aliphatic rings. The molecule has 1 spiro atoms. The van der Waals surface area contributed by atoms with Crippen LogP contribution in [0, 0.1) is 5.92 Å². The number of hydrogen-bond donors (Lipinski definition) is 3. The number of likely N-dealkylation sites (tertiary alicyclic amines) is 1. The molecule has 3 aromatic carbocycles. The zero-order chi connectivity index (χ0) is 23.5. The molecule has 2 heterocycles. The van der Waals surface area contributed by atoms with E-state index in [4.69, 9.17) is 23.2 Å². The molecule has 2 aliphatic heterocycles. The first kappa shape index (κ1) is 21.8. The van der Waals surface area contributed by atoms with E-state index in [9.17, 15) is 19.8 Å². The molecular weight excluding hydrogens is 463 g/mol. The van der Waals surface area contributed by atoms with Crippen LogP contribution >= 0.6 is 23.2 Å². The van der Waals surface area contributed by atoms with E-state index in [1.807, 2.05) is 36.2 Å². The number of likely N-dealkylation sites (N-methyl/N-ethyl adjacent to an activating group) is 1. The zero-order valence-corrected chi connectivity index (χ0v) is 19.1. The van der Waals surface area contributed by atoms with Crippen LogP contribution in [-0.4, -0.2) is 40.4 Å². The summed E-state index contributed by atoms with van der Waals surface area (Å²) >= 11 is 12.6. The van der Waals surface area contributed by atoms with Gasteiger partial charge in [-0.2, -0.15) is 0 Å². The second kappa shape index (κ2) is 7.76. The van der Waals surface area contributed by atoms with E-state index < -0.39 is 17.4 Å². The summed E-state index contributed by atoms with van der Waals surface area (Å²) in [6.45, 7) is 0.362. The van der Waals surface area contributed by atoms with E-state index in [0.29, 0.717) is 23.4 Å². The van der Waals surface area contributed by atoms with E-state index in [1.54, 1.807) is 24.3 Å². The number of nitrogens with zero attached hydrogens (tertiary/aromatic N) is 1. The van der Waals surface area contributed by atoms with Crippen molar-refractivity contribution in [1.29, 1.82) is 0 Å². The average molecular weight is 483 g/mol. The van der Waals surface area contributed by atoms with Crippen LogP contribution in [0.4, 0.5) is 5.69 Å². The number of phenolic OH excluding ortho intramolecular Hbond substituents is 2. The Morgan fingerprint density at radius 3 is 2.58 bits per heavy atom. The predicted octanol–water partition coefficient (Wildman–Crippen LogP) is 4.78. The number of aromatic hydroxyl groups is 2. The van der Waals surface area contributed by atoms with Gasteiger partial charge in [-0.1, -0.05) is 53.5 Å². The van der Waals surface area contributed by atoms with E-state index in [1.165, 1.54) is 12.1 Å². The lowest BCUT2D eigenvalue weighted by Crippen LogP contribution is -2.51. The van der Waals surface area contributed by atoms with Crippen molar-refractivity contribution in [3.8, 4) is 11.5 Å². The summed E-state index contributed by atoms with van der Waals surface area (Å²) in [5.41, 5.74) is 0.937. The Hall–Kier alpha value is -3.06. The van der Waals surface area contributed by atoms with Crippen LogP contribution in [0.1, 0.15) is 27.4 Å². The van der Waals surface area contributed by atoms with Crippen molar-refractivity contribution in [2.75, 3.05) is 18.9 Å². The van der Waals surface area contributed by atoms with Crippen molar-refractivity contribution in [2.45, 2.75) is 11.5 Å². The van der Waals surface area contributed by atoms with Crippen LogP contribution in [0.5, 0.6) is 11.5 Å². The summed E-state index contributed by atoms with van der Waals surface area (Å²) in [4.78, 5) is 29.6. The number of benzene rings is 3. The van der Waals surface area contributed by atoms with Gasteiger partial charge in [0.1, 0.15) is 5.54 Å². The molecule has 3 aromatic rings. The third kappa shape index (κ3) is 3.05. The lowest BCUT2D eigenvalue weighted by Gasteiger charge is -2.35. The lowest BCUT2D eigenvalue weighted by molar-refractivity contribution is -0.126. The Morgan fingerprint density at radius 2 is 1.82 bits per heavy atom. The fourth-order valence-corrected chi connectivity index (χ4v) is 5.72. The van der Waals surface area contributed by atoms with Crippen molar-refractivity contribution in [3.05, 3.63) is 87.4 Å². The molecule has 33 heavy (non-hydrogen) atoms. The molecule has 1 fully saturated rings. The van der Waals surface area contributed by atoms with Crippen LogP contribution in [0.25, 0.3) is 0 Å². The molecule has 0 aliphatic carbocycles. The Labute approximate surface area is 200 Å². The number of para-hydroxylation sites is 1. The molecule has 1 amide bonds. The number of nitrogens with one attached hydrogen (secondary N) is 1. The molecule has 8 heteroatoms. The molecule has 0 bridgehead atoms. The number of phenols is 2. The van der Waals surface area contributed by atoms with Gasteiger partial charge in [0, 0.05) is 29.3 Å². The summed E-state index contributed by atoms with van der Waals surface area (Å²) in [5.74, 6) is -2.51.